The summed E-state index contributed by atoms with van der Waals surface area (Å²) < 4.78 is 1.43. The molecule has 2 aromatic carbocycles. The second kappa shape index (κ2) is 12.3. The highest BCUT2D eigenvalue weighted by atomic mass is 35.5. The maximum absolute atomic E-state index is 13.2. The van der Waals surface area contributed by atoms with Crippen LogP contribution in [0.1, 0.15) is 41.4 Å². The van der Waals surface area contributed by atoms with E-state index in [1.165, 1.54) is 17.8 Å². The fraction of sp³-hybridized carbons (Fsp3) is 0.393. The quantitative estimate of drug-likeness (QED) is 0.404. The smallest absolute Gasteiger partial charge is 0.264 e. The highest BCUT2D eigenvalue weighted by Crippen LogP contribution is 2.31. The molecule has 0 spiro atoms. The zero-order chi connectivity index (χ0) is 27.9. The molecular formula is C28H32Cl3N5O3S. The Balaban J connectivity index is 0.00000370. The van der Waals surface area contributed by atoms with Gasteiger partial charge in [0.1, 0.15) is 6.33 Å². The molecule has 5 rings (SSSR count). The SMILES string of the molecule is Cc1cn(C(=O)c2ccc(NC3CN(C4CCN(C(=O)[C@@](C)(O)c5cc(Cl)cc(Cl)c5)CC4)C3)cc2Cl)cn1.S. The van der Waals surface area contributed by atoms with Crippen molar-refractivity contribution in [1.29, 1.82) is 0 Å². The summed E-state index contributed by atoms with van der Waals surface area (Å²) in [5, 5.41) is 15.7. The molecule has 2 aliphatic rings. The van der Waals surface area contributed by atoms with Gasteiger partial charge in [0.05, 0.1) is 22.3 Å². The first-order valence-corrected chi connectivity index (χ1v) is 14.0. The van der Waals surface area contributed by atoms with Crippen LogP contribution in [0.5, 0.6) is 0 Å². The monoisotopic (exact) mass is 623 g/mol. The Kier molecular flexibility index (Phi) is 9.44. The van der Waals surface area contributed by atoms with Crippen molar-refractivity contribution in [3.05, 3.63) is 80.8 Å². The average Bonchev–Trinajstić information content (AvgIpc) is 3.31. The summed E-state index contributed by atoms with van der Waals surface area (Å²) in [4.78, 5) is 34.1. The van der Waals surface area contributed by atoms with E-state index in [0.29, 0.717) is 45.3 Å². The largest absolute Gasteiger partial charge is 0.380 e. The highest BCUT2D eigenvalue weighted by molar-refractivity contribution is 7.59. The van der Waals surface area contributed by atoms with Crippen LogP contribution in [0.4, 0.5) is 5.69 Å². The second-order valence-electron chi connectivity index (χ2n) is 10.5. The molecule has 0 saturated carbocycles. The second-order valence-corrected chi connectivity index (χ2v) is 11.8. The molecule has 0 bridgehead atoms. The van der Waals surface area contributed by atoms with Gasteiger partial charge in [0.15, 0.2) is 5.60 Å². The molecule has 214 valence electrons. The third kappa shape index (κ3) is 6.45. The van der Waals surface area contributed by atoms with Crippen molar-refractivity contribution in [3.8, 4) is 0 Å². The van der Waals surface area contributed by atoms with Gasteiger partial charge in [-0.05, 0) is 68.7 Å². The lowest BCUT2D eigenvalue weighted by molar-refractivity contribution is -0.152. The normalized spacial score (nSPS) is 18.0. The lowest BCUT2D eigenvalue weighted by Crippen LogP contribution is -2.61. The van der Waals surface area contributed by atoms with Crippen LogP contribution < -0.4 is 5.32 Å². The molecule has 40 heavy (non-hydrogen) atoms. The summed E-state index contributed by atoms with van der Waals surface area (Å²) in [6.45, 7) is 6.22. The van der Waals surface area contributed by atoms with Gasteiger partial charge in [0, 0.05) is 54.2 Å². The van der Waals surface area contributed by atoms with E-state index in [9.17, 15) is 14.7 Å². The minimum atomic E-state index is -1.70. The van der Waals surface area contributed by atoms with Crippen molar-refractivity contribution < 1.29 is 14.7 Å². The molecule has 8 nitrogen and oxygen atoms in total. The maximum Gasteiger partial charge on any atom is 0.264 e. The number of carbonyl (C=O) groups excluding carboxylic acids is 2. The van der Waals surface area contributed by atoms with E-state index >= 15 is 0 Å². The number of aliphatic hydroxyl groups is 1. The first-order valence-electron chi connectivity index (χ1n) is 12.8. The highest BCUT2D eigenvalue weighted by Gasteiger charge is 2.40. The van der Waals surface area contributed by atoms with Gasteiger partial charge in [-0.1, -0.05) is 34.8 Å². The van der Waals surface area contributed by atoms with Gasteiger partial charge < -0.3 is 15.3 Å². The molecule has 2 aliphatic heterocycles. The predicted octanol–water partition coefficient (Wildman–Crippen LogP) is 4.95. The fourth-order valence-electron chi connectivity index (χ4n) is 5.29. The molecule has 12 heteroatoms. The van der Waals surface area contributed by atoms with Gasteiger partial charge in [-0.2, -0.15) is 13.5 Å². The molecular weight excluding hydrogens is 593 g/mol. The van der Waals surface area contributed by atoms with Crippen LogP contribution in [-0.2, 0) is 10.4 Å². The third-order valence-electron chi connectivity index (χ3n) is 7.54. The van der Waals surface area contributed by atoms with Gasteiger partial charge in [-0.15, -0.1) is 0 Å². The summed E-state index contributed by atoms with van der Waals surface area (Å²) in [6, 6.07) is 10.8. The number of nitrogens with zero attached hydrogens (tertiary/aromatic N) is 4. The lowest BCUT2D eigenvalue weighted by Gasteiger charge is -2.48. The van der Waals surface area contributed by atoms with E-state index in [0.717, 1.165) is 37.3 Å². The van der Waals surface area contributed by atoms with Crippen LogP contribution in [0.15, 0.2) is 48.9 Å². The number of halogens is 3. The molecule has 0 aliphatic carbocycles. The minimum Gasteiger partial charge on any atom is -0.380 e. The van der Waals surface area contributed by atoms with Crippen LogP contribution in [-0.4, -0.2) is 74.5 Å². The molecule has 3 aromatic rings. The van der Waals surface area contributed by atoms with Crippen LogP contribution in [0.2, 0.25) is 15.1 Å². The van der Waals surface area contributed by atoms with Crippen molar-refractivity contribution in [2.75, 3.05) is 31.5 Å². The number of carbonyl (C=O) groups is 2. The third-order valence-corrected chi connectivity index (χ3v) is 8.28. The maximum atomic E-state index is 13.2. The van der Waals surface area contributed by atoms with E-state index < -0.39 is 5.60 Å². The molecule has 0 radical (unpaired) electrons. The number of likely N-dealkylation sites (tertiary alicyclic amines) is 2. The number of aryl methyl sites for hydroxylation is 1. The topological polar surface area (TPSA) is 90.7 Å². The van der Waals surface area contributed by atoms with E-state index in [2.05, 4.69) is 15.2 Å². The minimum absolute atomic E-state index is 0. The Bertz CT molecular complexity index is 1380. The zero-order valence-corrected chi connectivity index (χ0v) is 25.5. The number of hydrogen-bond donors (Lipinski definition) is 2. The van der Waals surface area contributed by atoms with Crippen LogP contribution in [0.25, 0.3) is 0 Å². The van der Waals surface area contributed by atoms with Gasteiger partial charge in [-0.25, -0.2) is 4.98 Å². The predicted molar refractivity (Wildman–Crippen MR) is 163 cm³/mol. The van der Waals surface area contributed by atoms with E-state index in [1.54, 1.807) is 41.4 Å². The lowest BCUT2D eigenvalue weighted by atomic mass is 9.92. The van der Waals surface area contributed by atoms with Crippen LogP contribution in [0, 0.1) is 6.92 Å². The molecule has 2 N–H and O–H groups in total. The van der Waals surface area contributed by atoms with Gasteiger partial charge in [0.2, 0.25) is 0 Å². The fourth-order valence-corrected chi connectivity index (χ4v) is 6.08. The average molecular weight is 625 g/mol. The molecule has 2 saturated heterocycles. The van der Waals surface area contributed by atoms with Crippen LogP contribution >= 0.6 is 48.3 Å². The van der Waals surface area contributed by atoms with Crippen molar-refractivity contribution in [2.24, 2.45) is 0 Å². The van der Waals surface area contributed by atoms with E-state index in [4.69, 9.17) is 34.8 Å². The number of anilines is 1. The molecule has 1 amide bonds. The number of hydrogen-bond acceptors (Lipinski definition) is 6. The number of aromatic nitrogens is 2. The van der Waals surface area contributed by atoms with E-state index in [1.807, 2.05) is 13.0 Å². The standard InChI is InChI=1S/C28H30Cl3N5O3.H2S/c1-17-13-36(16-32-17)26(37)24-4-3-21(12-25(24)31)33-22-14-35(15-22)23-5-7-34(8-6-23)27(38)28(2,39)18-9-19(29)11-20(30)10-18;/h3-4,9-13,16,22-23,33,39H,5-8,14-15H2,1-2H3;1H2/t28-;/m0./s1. The first kappa shape index (κ1) is 30.7. The van der Waals surface area contributed by atoms with Crippen LogP contribution in [0.3, 0.4) is 0 Å². The number of imidazole rings is 1. The Morgan fingerprint density at radius 3 is 2.27 bits per heavy atom. The Hall–Kier alpha value is -2.27. The summed E-state index contributed by atoms with van der Waals surface area (Å²) in [7, 11) is 0. The number of rotatable bonds is 6. The first-order chi connectivity index (χ1) is 18.5. The van der Waals surface area contributed by atoms with Gasteiger partial charge in [0.25, 0.3) is 11.8 Å². The summed E-state index contributed by atoms with van der Waals surface area (Å²) in [5.74, 6) is -0.561. The molecule has 2 fully saturated rings. The number of piperidine rings is 1. The Morgan fingerprint density at radius 1 is 1.05 bits per heavy atom. The summed E-state index contributed by atoms with van der Waals surface area (Å²) in [6.07, 6.45) is 4.83. The Labute approximate surface area is 255 Å². The molecule has 3 heterocycles. The van der Waals surface area contributed by atoms with Gasteiger partial charge >= 0.3 is 0 Å². The number of nitrogens with one attached hydrogen (secondary N) is 1. The molecule has 0 unspecified atom stereocenters. The van der Waals surface area contributed by atoms with E-state index in [-0.39, 0.29) is 31.4 Å². The van der Waals surface area contributed by atoms with Crippen molar-refractivity contribution >= 4 is 65.8 Å². The molecule has 1 aromatic heterocycles. The zero-order valence-electron chi connectivity index (χ0n) is 22.2. The van der Waals surface area contributed by atoms with Crippen molar-refractivity contribution in [1.82, 2.24) is 19.4 Å². The summed E-state index contributed by atoms with van der Waals surface area (Å²) >= 11 is 18.6. The van der Waals surface area contributed by atoms with Crippen molar-refractivity contribution in [3.63, 3.8) is 0 Å². The summed E-state index contributed by atoms with van der Waals surface area (Å²) in [5.41, 5.74) is 0.740. The van der Waals surface area contributed by atoms with Crippen molar-refractivity contribution in [2.45, 2.75) is 44.4 Å². The number of amides is 1. The Morgan fingerprint density at radius 2 is 1.70 bits per heavy atom. The molecule has 1 atom stereocenters. The number of benzene rings is 2. The van der Waals surface area contributed by atoms with Gasteiger partial charge in [-0.3, -0.25) is 19.1 Å².